The molecule has 9 heteroatoms. The molecule has 0 aliphatic carbocycles. The van der Waals surface area contributed by atoms with Crippen LogP contribution in [0.25, 0.3) is 0 Å². The van der Waals surface area contributed by atoms with Crippen LogP contribution >= 0.6 is 23.2 Å². The highest BCUT2D eigenvalue weighted by atomic mass is 35.5. The number of hydrogen-bond acceptors (Lipinski definition) is 6. The molecule has 1 amide bonds. The molecule has 2 aliphatic rings. The Morgan fingerprint density at radius 1 is 1.16 bits per heavy atom. The Hall–Kier alpha value is -2.09. The molecule has 1 aromatic heterocycles. The third-order valence-corrected chi connectivity index (χ3v) is 6.39. The van der Waals surface area contributed by atoms with Gasteiger partial charge < -0.3 is 20.4 Å². The van der Waals surface area contributed by atoms with Gasteiger partial charge in [-0.3, -0.25) is 4.79 Å². The second kappa shape index (κ2) is 10.0. The van der Waals surface area contributed by atoms with E-state index in [1.807, 2.05) is 30.0 Å². The van der Waals surface area contributed by atoms with Crippen molar-refractivity contribution >= 4 is 40.9 Å². The van der Waals surface area contributed by atoms with Gasteiger partial charge in [-0.25, -0.2) is 4.98 Å². The van der Waals surface area contributed by atoms with Gasteiger partial charge >= 0.3 is 0 Å². The minimum atomic E-state index is -0.0222. The van der Waals surface area contributed by atoms with Gasteiger partial charge in [0.2, 0.25) is 11.9 Å². The van der Waals surface area contributed by atoms with Crippen LogP contribution in [0.3, 0.4) is 0 Å². The number of aryl methyl sites for hydroxylation is 1. The third-order valence-electron chi connectivity index (χ3n) is 5.80. The lowest BCUT2D eigenvalue weighted by molar-refractivity contribution is -0.134. The number of piperazine rings is 1. The fraction of sp³-hybridized carbons (Fsp3) is 0.500. The maximum Gasteiger partial charge on any atom is 0.239 e. The van der Waals surface area contributed by atoms with Gasteiger partial charge in [0, 0.05) is 54.5 Å². The quantitative estimate of drug-likeness (QED) is 0.708. The van der Waals surface area contributed by atoms with Crippen LogP contribution in [0, 0.1) is 6.92 Å². The van der Waals surface area contributed by atoms with Crippen LogP contribution < -0.4 is 15.5 Å². The number of nitrogens with one attached hydrogen (secondary N) is 2. The molecule has 3 heterocycles. The molecular formula is C22H28Cl2N6O. The first-order chi connectivity index (χ1) is 15.0. The summed E-state index contributed by atoms with van der Waals surface area (Å²) in [6, 6.07) is 7.36. The number of rotatable bonds is 5. The Morgan fingerprint density at radius 2 is 1.97 bits per heavy atom. The van der Waals surface area contributed by atoms with Crippen molar-refractivity contribution in [2.24, 2.45) is 0 Å². The molecule has 4 rings (SSSR count). The average Bonchev–Trinajstić information content (AvgIpc) is 2.78. The van der Waals surface area contributed by atoms with E-state index in [-0.39, 0.29) is 11.9 Å². The summed E-state index contributed by atoms with van der Waals surface area (Å²) in [5.74, 6) is 1.66. The van der Waals surface area contributed by atoms with E-state index in [0.717, 1.165) is 56.0 Å². The third kappa shape index (κ3) is 5.59. The number of piperidine rings is 1. The predicted molar refractivity (Wildman–Crippen MR) is 125 cm³/mol. The van der Waals surface area contributed by atoms with Crippen LogP contribution in [0.5, 0.6) is 0 Å². The minimum Gasteiger partial charge on any atom is -0.366 e. The molecular weight excluding hydrogens is 435 g/mol. The van der Waals surface area contributed by atoms with E-state index in [4.69, 9.17) is 28.2 Å². The number of hydrogen-bond donors (Lipinski definition) is 2. The topological polar surface area (TPSA) is 73.4 Å². The van der Waals surface area contributed by atoms with E-state index in [1.165, 1.54) is 0 Å². The molecule has 0 bridgehead atoms. The number of aromatic nitrogens is 2. The van der Waals surface area contributed by atoms with Crippen molar-refractivity contribution in [3.05, 3.63) is 45.6 Å². The first-order valence-electron chi connectivity index (χ1n) is 10.8. The fourth-order valence-electron chi connectivity index (χ4n) is 4.05. The Labute approximate surface area is 193 Å². The average molecular weight is 463 g/mol. The van der Waals surface area contributed by atoms with Gasteiger partial charge in [-0.2, -0.15) is 4.98 Å². The first kappa shape index (κ1) is 22.1. The van der Waals surface area contributed by atoms with Crippen LogP contribution in [0.4, 0.5) is 11.8 Å². The molecule has 31 heavy (non-hydrogen) atoms. The number of carbonyl (C=O) groups is 1. The first-order valence-corrected chi connectivity index (χ1v) is 11.6. The summed E-state index contributed by atoms with van der Waals surface area (Å²) in [5.41, 5.74) is 1.84. The molecule has 0 radical (unpaired) electrons. The summed E-state index contributed by atoms with van der Waals surface area (Å²) in [5, 5.41) is 7.93. The van der Waals surface area contributed by atoms with E-state index in [2.05, 4.69) is 20.5 Å². The van der Waals surface area contributed by atoms with Crippen molar-refractivity contribution in [2.45, 2.75) is 38.8 Å². The summed E-state index contributed by atoms with van der Waals surface area (Å²) in [6.45, 7) is 6.27. The van der Waals surface area contributed by atoms with Crippen LogP contribution in [0.2, 0.25) is 10.0 Å². The Morgan fingerprint density at radius 3 is 2.68 bits per heavy atom. The van der Waals surface area contributed by atoms with E-state index in [0.29, 0.717) is 35.6 Å². The Kier molecular flexibility index (Phi) is 7.15. The summed E-state index contributed by atoms with van der Waals surface area (Å²) in [4.78, 5) is 26.2. The summed E-state index contributed by atoms with van der Waals surface area (Å²) in [7, 11) is 0. The molecule has 1 aromatic carbocycles. The van der Waals surface area contributed by atoms with Gasteiger partial charge in [0.25, 0.3) is 0 Å². The molecule has 2 N–H and O–H groups in total. The summed E-state index contributed by atoms with van der Waals surface area (Å²) in [6.07, 6.45) is 3.22. The van der Waals surface area contributed by atoms with Crippen LogP contribution in [0.1, 0.15) is 30.5 Å². The second-order valence-corrected chi connectivity index (χ2v) is 8.94. The highest BCUT2D eigenvalue weighted by Gasteiger charge is 2.29. The standard InChI is InChI=1S/C22H28Cl2N6O/c1-15-12-20(26-14-16-5-6-17(23)13-18(16)24)28-22(27-15)30-10-8-29(9-11-30)21(31)19-4-2-3-7-25-19/h5-6,12-13,19,25H,2-4,7-11,14H2,1H3,(H,26,27,28)/t19-/m1/s1. The molecule has 166 valence electrons. The van der Waals surface area contributed by atoms with Crippen LogP contribution in [-0.4, -0.2) is 59.5 Å². The monoisotopic (exact) mass is 462 g/mol. The predicted octanol–water partition coefficient (Wildman–Crippen LogP) is 3.49. The largest absolute Gasteiger partial charge is 0.366 e. The Balaban J connectivity index is 1.36. The highest BCUT2D eigenvalue weighted by Crippen LogP contribution is 2.23. The number of amides is 1. The molecule has 7 nitrogen and oxygen atoms in total. The van der Waals surface area contributed by atoms with Gasteiger partial charge in [-0.1, -0.05) is 35.7 Å². The smallest absolute Gasteiger partial charge is 0.239 e. The number of halogens is 2. The van der Waals surface area contributed by atoms with E-state index >= 15 is 0 Å². The molecule has 2 aromatic rings. The lowest BCUT2D eigenvalue weighted by atomic mass is 10.0. The van der Waals surface area contributed by atoms with Crippen molar-refractivity contribution in [1.82, 2.24) is 20.2 Å². The molecule has 2 fully saturated rings. The van der Waals surface area contributed by atoms with Crippen LogP contribution in [-0.2, 0) is 11.3 Å². The molecule has 0 saturated carbocycles. The van der Waals surface area contributed by atoms with E-state index < -0.39 is 0 Å². The zero-order valence-corrected chi connectivity index (χ0v) is 19.2. The van der Waals surface area contributed by atoms with Gasteiger partial charge in [-0.05, 0) is 44.0 Å². The maximum atomic E-state index is 12.8. The van der Waals surface area contributed by atoms with Crippen molar-refractivity contribution in [2.75, 3.05) is 42.9 Å². The van der Waals surface area contributed by atoms with Gasteiger partial charge in [-0.15, -0.1) is 0 Å². The Bertz CT molecular complexity index is 926. The maximum absolute atomic E-state index is 12.8. The van der Waals surface area contributed by atoms with E-state index in [9.17, 15) is 4.79 Å². The minimum absolute atomic E-state index is 0.0222. The number of benzene rings is 1. The van der Waals surface area contributed by atoms with Gasteiger partial charge in [0.1, 0.15) is 5.82 Å². The van der Waals surface area contributed by atoms with E-state index in [1.54, 1.807) is 6.07 Å². The lowest BCUT2D eigenvalue weighted by Crippen LogP contribution is -2.55. The van der Waals surface area contributed by atoms with Crippen LogP contribution in [0.15, 0.2) is 24.3 Å². The van der Waals surface area contributed by atoms with Crippen molar-refractivity contribution in [1.29, 1.82) is 0 Å². The molecule has 0 unspecified atom stereocenters. The second-order valence-electron chi connectivity index (χ2n) is 8.10. The van der Waals surface area contributed by atoms with Gasteiger partial charge in [0.05, 0.1) is 6.04 Å². The normalized spacial score (nSPS) is 19.4. The highest BCUT2D eigenvalue weighted by molar-refractivity contribution is 6.35. The zero-order chi connectivity index (χ0) is 21.8. The fourth-order valence-corrected chi connectivity index (χ4v) is 4.52. The zero-order valence-electron chi connectivity index (χ0n) is 17.7. The van der Waals surface area contributed by atoms with Gasteiger partial charge in [0.15, 0.2) is 0 Å². The molecule has 2 aliphatic heterocycles. The molecule has 2 saturated heterocycles. The number of anilines is 2. The van der Waals surface area contributed by atoms with Crippen molar-refractivity contribution < 1.29 is 4.79 Å². The van der Waals surface area contributed by atoms with Crippen molar-refractivity contribution in [3.63, 3.8) is 0 Å². The molecule has 0 spiro atoms. The summed E-state index contributed by atoms with van der Waals surface area (Å²) < 4.78 is 0. The summed E-state index contributed by atoms with van der Waals surface area (Å²) >= 11 is 12.2. The number of nitrogens with zero attached hydrogens (tertiary/aromatic N) is 4. The SMILES string of the molecule is Cc1cc(NCc2ccc(Cl)cc2Cl)nc(N2CCN(C(=O)[C@H]3CCCCN3)CC2)n1. The van der Waals surface area contributed by atoms with Crippen molar-refractivity contribution in [3.8, 4) is 0 Å². The molecule has 1 atom stereocenters. The number of carbonyl (C=O) groups excluding carboxylic acids is 1. The lowest BCUT2D eigenvalue weighted by Gasteiger charge is -2.37.